The van der Waals surface area contributed by atoms with Gasteiger partial charge in [-0.15, -0.1) is 0 Å². The standard InChI is InChI=1S/C14H13BrFN3/c1-19-9-10(4-13(19)6-17)7-18-8-11-5-12(16)2-3-14(11)15/h2-5,9,18H,7-8H2,1H3. The van der Waals surface area contributed by atoms with E-state index in [0.717, 1.165) is 15.6 Å². The molecule has 0 bridgehead atoms. The SMILES string of the molecule is Cn1cc(CNCc2cc(F)ccc2Br)cc1C#N. The summed E-state index contributed by atoms with van der Waals surface area (Å²) in [5.41, 5.74) is 2.53. The molecule has 0 aliphatic heterocycles. The fourth-order valence-corrected chi connectivity index (χ4v) is 2.25. The highest BCUT2D eigenvalue weighted by molar-refractivity contribution is 9.10. The van der Waals surface area contributed by atoms with Crippen molar-refractivity contribution in [3.63, 3.8) is 0 Å². The lowest BCUT2D eigenvalue weighted by Gasteiger charge is -2.06. The van der Waals surface area contributed by atoms with Gasteiger partial charge in [0.25, 0.3) is 0 Å². The van der Waals surface area contributed by atoms with Crippen LogP contribution in [-0.4, -0.2) is 4.57 Å². The molecular weight excluding hydrogens is 309 g/mol. The first-order chi connectivity index (χ1) is 9.10. The third kappa shape index (κ3) is 3.43. The van der Waals surface area contributed by atoms with Gasteiger partial charge in [0.2, 0.25) is 0 Å². The summed E-state index contributed by atoms with van der Waals surface area (Å²) in [5.74, 6) is -0.244. The molecule has 0 amide bonds. The maximum atomic E-state index is 13.1. The molecule has 1 N–H and O–H groups in total. The highest BCUT2D eigenvalue weighted by atomic mass is 79.9. The summed E-state index contributed by atoms with van der Waals surface area (Å²) in [4.78, 5) is 0. The van der Waals surface area contributed by atoms with Crippen LogP contribution in [0.1, 0.15) is 16.8 Å². The third-order valence-electron chi connectivity index (χ3n) is 2.83. The molecule has 0 atom stereocenters. The predicted molar refractivity (Wildman–Crippen MR) is 74.8 cm³/mol. The monoisotopic (exact) mass is 321 g/mol. The van der Waals surface area contributed by atoms with Crippen molar-refractivity contribution in [1.82, 2.24) is 9.88 Å². The molecule has 19 heavy (non-hydrogen) atoms. The molecule has 98 valence electrons. The van der Waals surface area contributed by atoms with Crippen molar-refractivity contribution in [2.45, 2.75) is 13.1 Å². The molecule has 0 aliphatic rings. The van der Waals surface area contributed by atoms with Gasteiger partial charge in [-0.3, -0.25) is 0 Å². The van der Waals surface area contributed by atoms with E-state index in [4.69, 9.17) is 5.26 Å². The van der Waals surface area contributed by atoms with E-state index in [1.54, 1.807) is 10.6 Å². The van der Waals surface area contributed by atoms with Crippen LogP contribution in [0.2, 0.25) is 0 Å². The van der Waals surface area contributed by atoms with Crippen LogP contribution in [0.25, 0.3) is 0 Å². The number of aromatic nitrogens is 1. The van der Waals surface area contributed by atoms with E-state index in [1.807, 2.05) is 19.3 Å². The Hall–Kier alpha value is -1.64. The number of hydrogen-bond donors (Lipinski definition) is 1. The first kappa shape index (κ1) is 13.8. The molecule has 0 spiro atoms. The zero-order valence-electron chi connectivity index (χ0n) is 10.5. The fraction of sp³-hybridized carbons (Fsp3) is 0.214. The molecule has 2 rings (SSSR count). The average molecular weight is 322 g/mol. The Morgan fingerprint density at radius 3 is 2.84 bits per heavy atom. The molecule has 0 saturated carbocycles. The van der Waals surface area contributed by atoms with Crippen LogP contribution >= 0.6 is 15.9 Å². The smallest absolute Gasteiger partial charge is 0.123 e. The topological polar surface area (TPSA) is 40.8 Å². The van der Waals surface area contributed by atoms with Gasteiger partial charge in [-0.05, 0) is 35.4 Å². The van der Waals surface area contributed by atoms with E-state index < -0.39 is 0 Å². The summed E-state index contributed by atoms with van der Waals surface area (Å²) in [6.45, 7) is 1.20. The van der Waals surface area contributed by atoms with Crippen molar-refractivity contribution in [3.8, 4) is 6.07 Å². The maximum absolute atomic E-state index is 13.1. The first-order valence-electron chi connectivity index (χ1n) is 5.80. The lowest BCUT2D eigenvalue weighted by Crippen LogP contribution is -2.12. The molecule has 0 aliphatic carbocycles. The van der Waals surface area contributed by atoms with Gasteiger partial charge >= 0.3 is 0 Å². The van der Waals surface area contributed by atoms with E-state index in [-0.39, 0.29) is 5.82 Å². The summed E-state index contributed by atoms with van der Waals surface area (Å²) in [6.07, 6.45) is 1.91. The number of halogens is 2. The second-order valence-corrected chi connectivity index (χ2v) is 5.15. The molecular formula is C14H13BrFN3. The second-order valence-electron chi connectivity index (χ2n) is 4.30. The number of nitriles is 1. The molecule has 1 aromatic carbocycles. The van der Waals surface area contributed by atoms with Gasteiger partial charge in [-0.2, -0.15) is 5.26 Å². The summed E-state index contributed by atoms with van der Waals surface area (Å²) in [6, 6.07) is 8.58. The Bertz CT molecular complexity index is 628. The van der Waals surface area contributed by atoms with Gasteiger partial charge in [0.15, 0.2) is 0 Å². The molecule has 0 radical (unpaired) electrons. The zero-order chi connectivity index (χ0) is 13.8. The minimum absolute atomic E-state index is 0.244. The Balaban J connectivity index is 1.96. The van der Waals surface area contributed by atoms with Crippen LogP contribution in [0.4, 0.5) is 4.39 Å². The molecule has 3 nitrogen and oxygen atoms in total. The first-order valence-corrected chi connectivity index (χ1v) is 6.59. The number of nitrogens with zero attached hydrogens (tertiary/aromatic N) is 2. The van der Waals surface area contributed by atoms with Crippen LogP contribution in [0.5, 0.6) is 0 Å². The van der Waals surface area contributed by atoms with Crippen LogP contribution in [-0.2, 0) is 20.1 Å². The average Bonchev–Trinajstić information content (AvgIpc) is 2.74. The lowest BCUT2D eigenvalue weighted by atomic mass is 10.2. The highest BCUT2D eigenvalue weighted by Crippen LogP contribution is 2.17. The molecule has 0 fully saturated rings. The van der Waals surface area contributed by atoms with Crippen LogP contribution in [0, 0.1) is 17.1 Å². The van der Waals surface area contributed by atoms with Crippen molar-refractivity contribution in [3.05, 3.63) is 57.6 Å². The van der Waals surface area contributed by atoms with Crippen molar-refractivity contribution in [2.24, 2.45) is 7.05 Å². The van der Waals surface area contributed by atoms with E-state index in [1.165, 1.54) is 12.1 Å². The van der Waals surface area contributed by atoms with Crippen molar-refractivity contribution >= 4 is 15.9 Å². The van der Waals surface area contributed by atoms with Gasteiger partial charge < -0.3 is 9.88 Å². The van der Waals surface area contributed by atoms with Crippen LogP contribution in [0.3, 0.4) is 0 Å². The number of nitrogens with one attached hydrogen (secondary N) is 1. The second kappa shape index (κ2) is 6.00. The lowest BCUT2D eigenvalue weighted by molar-refractivity contribution is 0.619. The van der Waals surface area contributed by atoms with Crippen LogP contribution in [0.15, 0.2) is 34.9 Å². The minimum Gasteiger partial charge on any atom is -0.342 e. The molecule has 5 heteroatoms. The molecule has 1 aromatic heterocycles. The van der Waals surface area contributed by atoms with Gasteiger partial charge in [-0.25, -0.2) is 4.39 Å². The summed E-state index contributed by atoms with van der Waals surface area (Å²) in [5, 5.41) is 12.1. The molecule has 0 saturated heterocycles. The van der Waals surface area contributed by atoms with Gasteiger partial charge in [0.05, 0.1) is 0 Å². The number of benzene rings is 1. The van der Waals surface area contributed by atoms with Gasteiger partial charge in [0, 0.05) is 30.8 Å². The highest BCUT2D eigenvalue weighted by Gasteiger charge is 2.04. The van der Waals surface area contributed by atoms with Gasteiger partial charge in [-0.1, -0.05) is 15.9 Å². The maximum Gasteiger partial charge on any atom is 0.123 e. The summed E-state index contributed by atoms with van der Waals surface area (Å²) >= 11 is 3.39. The van der Waals surface area contributed by atoms with E-state index in [0.29, 0.717) is 18.8 Å². The molecule has 1 heterocycles. The number of rotatable bonds is 4. The minimum atomic E-state index is -0.244. The molecule has 2 aromatic rings. The van der Waals surface area contributed by atoms with Crippen molar-refractivity contribution in [2.75, 3.05) is 0 Å². The normalized spacial score (nSPS) is 10.4. The number of aryl methyl sites for hydroxylation is 1. The van der Waals surface area contributed by atoms with Crippen molar-refractivity contribution in [1.29, 1.82) is 5.26 Å². The van der Waals surface area contributed by atoms with E-state index in [9.17, 15) is 4.39 Å². The number of hydrogen-bond acceptors (Lipinski definition) is 2. The summed E-state index contributed by atoms with van der Waals surface area (Å²) < 4.78 is 15.8. The quantitative estimate of drug-likeness (QED) is 0.940. The third-order valence-corrected chi connectivity index (χ3v) is 3.60. The Morgan fingerprint density at radius 1 is 1.37 bits per heavy atom. The zero-order valence-corrected chi connectivity index (χ0v) is 12.0. The van der Waals surface area contributed by atoms with Crippen LogP contribution < -0.4 is 5.32 Å². The van der Waals surface area contributed by atoms with E-state index >= 15 is 0 Å². The van der Waals surface area contributed by atoms with E-state index in [2.05, 4.69) is 27.3 Å². The molecule has 0 unspecified atom stereocenters. The fourth-order valence-electron chi connectivity index (χ4n) is 1.86. The van der Waals surface area contributed by atoms with Crippen molar-refractivity contribution < 1.29 is 4.39 Å². The summed E-state index contributed by atoms with van der Waals surface area (Å²) in [7, 11) is 1.84. The Morgan fingerprint density at radius 2 is 2.16 bits per heavy atom. The Kier molecular flexibility index (Phi) is 4.35. The Labute approximate surface area is 119 Å². The van der Waals surface area contributed by atoms with Gasteiger partial charge in [0.1, 0.15) is 17.6 Å². The largest absolute Gasteiger partial charge is 0.342 e. The predicted octanol–water partition coefficient (Wildman–Crippen LogP) is 3.09.